The molecule has 0 amide bonds. The molecule has 180 valence electrons. The van der Waals surface area contributed by atoms with Crippen molar-refractivity contribution >= 4 is 17.0 Å². The quantitative estimate of drug-likeness (QED) is 0.391. The Morgan fingerprint density at radius 3 is 2.60 bits per heavy atom. The van der Waals surface area contributed by atoms with Gasteiger partial charge >= 0.3 is 5.97 Å². The second-order valence-corrected chi connectivity index (χ2v) is 9.42. The van der Waals surface area contributed by atoms with Gasteiger partial charge < -0.3 is 23.7 Å². The first-order chi connectivity index (χ1) is 17.0. The van der Waals surface area contributed by atoms with Crippen molar-refractivity contribution in [2.75, 3.05) is 13.2 Å². The number of benzene rings is 1. The van der Waals surface area contributed by atoms with Gasteiger partial charge in [0.1, 0.15) is 17.2 Å². The molecule has 0 atom stereocenters. The average Bonchev–Trinajstić information content (AvgIpc) is 3.51. The van der Waals surface area contributed by atoms with E-state index in [1.165, 1.54) is 0 Å². The number of aromatic nitrogens is 3. The van der Waals surface area contributed by atoms with Gasteiger partial charge in [0.25, 0.3) is 0 Å². The van der Waals surface area contributed by atoms with Crippen molar-refractivity contribution in [3.8, 4) is 28.0 Å². The summed E-state index contributed by atoms with van der Waals surface area (Å²) in [7, 11) is 0. The third-order valence-corrected chi connectivity index (χ3v) is 6.91. The number of aromatic carboxylic acids is 1. The molecule has 3 aromatic heterocycles. The van der Waals surface area contributed by atoms with Crippen LogP contribution in [0.5, 0.6) is 5.75 Å². The fraction of sp³-hybridized carbons (Fsp3) is 0.370. The molecule has 1 saturated carbocycles. The molecular weight excluding hydrogens is 446 g/mol. The van der Waals surface area contributed by atoms with Crippen LogP contribution >= 0.6 is 0 Å². The Labute approximate surface area is 202 Å². The highest BCUT2D eigenvalue weighted by atomic mass is 16.5. The van der Waals surface area contributed by atoms with E-state index in [-0.39, 0.29) is 17.7 Å². The molecular formula is C27H27N3O5. The summed E-state index contributed by atoms with van der Waals surface area (Å²) < 4.78 is 19.5. The first-order valence-electron chi connectivity index (χ1n) is 12.1. The van der Waals surface area contributed by atoms with E-state index in [0.29, 0.717) is 5.75 Å². The molecule has 0 unspecified atom stereocenters. The summed E-state index contributed by atoms with van der Waals surface area (Å²) in [5.74, 6) is 0.378. The maximum absolute atomic E-state index is 11.7. The van der Waals surface area contributed by atoms with E-state index < -0.39 is 5.97 Å². The molecule has 0 bridgehead atoms. The molecule has 4 heterocycles. The second kappa shape index (κ2) is 8.53. The summed E-state index contributed by atoms with van der Waals surface area (Å²) in [6.07, 6.45) is 7.96. The predicted octanol–water partition coefficient (Wildman–Crippen LogP) is 5.57. The molecule has 1 N–H and O–H groups in total. The van der Waals surface area contributed by atoms with Gasteiger partial charge in [0.2, 0.25) is 0 Å². The highest BCUT2D eigenvalue weighted by molar-refractivity contribution is 5.99. The van der Waals surface area contributed by atoms with Gasteiger partial charge in [-0.2, -0.15) is 0 Å². The van der Waals surface area contributed by atoms with Crippen molar-refractivity contribution in [1.29, 1.82) is 0 Å². The zero-order valence-electron chi connectivity index (χ0n) is 19.8. The van der Waals surface area contributed by atoms with E-state index in [9.17, 15) is 9.90 Å². The Morgan fingerprint density at radius 1 is 1.11 bits per heavy atom. The van der Waals surface area contributed by atoms with E-state index >= 15 is 0 Å². The third kappa shape index (κ3) is 3.97. The van der Waals surface area contributed by atoms with Gasteiger partial charge in [0.15, 0.2) is 0 Å². The van der Waals surface area contributed by atoms with Crippen LogP contribution in [0.4, 0.5) is 0 Å². The second-order valence-electron chi connectivity index (χ2n) is 9.42. The zero-order chi connectivity index (χ0) is 24.1. The van der Waals surface area contributed by atoms with Crippen LogP contribution in [0.15, 0.2) is 41.2 Å². The summed E-state index contributed by atoms with van der Waals surface area (Å²) in [4.78, 5) is 16.6. The van der Waals surface area contributed by atoms with Crippen molar-refractivity contribution in [3.05, 3.63) is 53.7 Å². The lowest BCUT2D eigenvalue weighted by atomic mass is 10.00. The zero-order valence-corrected chi connectivity index (χ0v) is 19.8. The minimum Gasteiger partial charge on any atom is -0.490 e. The summed E-state index contributed by atoms with van der Waals surface area (Å²) in [5, 5.41) is 14.7. The Hall–Kier alpha value is -3.65. The first kappa shape index (κ1) is 21.9. The maximum Gasteiger partial charge on any atom is 0.335 e. The smallest absolute Gasteiger partial charge is 0.335 e. The molecule has 4 aromatic rings. The van der Waals surface area contributed by atoms with Crippen molar-refractivity contribution in [1.82, 2.24) is 14.7 Å². The third-order valence-electron chi connectivity index (χ3n) is 6.91. The van der Waals surface area contributed by atoms with Gasteiger partial charge in [0, 0.05) is 59.3 Å². The monoisotopic (exact) mass is 473 g/mol. The number of rotatable bonds is 6. The van der Waals surface area contributed by atoms with Crippen molar-refractivity contribution in [2.45, 2.75) is 51.7 Å². The molecule has 8 nitrogen and oxygen atoms in total. The number of fused-ring (bicyclic) bond motifs is 1. The van der Waals surface area contributed by atoms with Crippen LogP contribution in [0.3, 0.4) is 0 Å². The fourth-order valence-electron chi connectivity index (χ4n) is 4.96. The number of hydrogen-bond donors (Lipinski definition) is 1. The number of pyridine rings is 1. The fourth-order valence-corrected chi connectivity index (χ4v) is 4.96. The van der Waals surface area contributed by atoms with Crippen LogP contribution in [0, 0.1) is 13.8 Å². The van der Waals surface area contributed by atoms with Crippen molar-refractivity contribution in [3.63, 3.8) is 0 Å². The first-order valence-corrected chi connectivity index (χ1v) is 12.1. The van der Waals surface area contributed by atoms with E-state index in [0.717, 1.165) is 83.6 Å². The molecule has 6 rings (SSSR count). The molecule has 1 saturated heterocycles. The molecule has 2 aliphatic rings. The SMILES string of the molecule is Cc1noc(C)c1-c1cnc2c(c1)c(-c1ccc(C(=O)O)cc1OC1CC1)cn2C1CCOCC1. The Kier molecular flexibility index (Phi) is 5.33. The van der Waals surface area contributed by atoms with Gasteiger partial charge in [-0.25, -0.2) is 9.78 Å². The molecule has 8 heteroatoms. The van der Waals surface area contributed by atoms with Gasteiger partial charge in [-0.15, -0.1) is 0 Å². The summed E-state index contributed by atoms with van der Waals surface area (Å²) in [5.41, 5.74) is 5.65. The van der Waals surface area contributed by atoms with Gasteiger partial charge in [-0.1, -0.05) is 5.16 Å². The van der Waals surface area contributed by atoms with Crippen LogP contribution in [0.25, 0.3) is 33.3 Å². The van der Waals surface area contributed by atoms with Crippen LogP contribution in [-0.2, 0) is 4.74 Å². The molecule has 35 heavy (non-hydrogen) atoms. The highest BCUT2D eigenvalue weighted by Gasteiger charge is 2.28. The number of ether oxygens (including phenoxy) is 2. The van der Waals surface area contributed by atoms with E-state index in [1.807, 2.05) is 26.1 Å². The average molecular weight is 474 g/mol. The number of carboxylic acids is 1. The van der Waals surface area contributed by atoms with E-state index in [1.54, 1.807) is 12.1 Å². The lowest BCUT2D eigenvalue weighted by Gasteiger charge is -2.24. The van der Waals surface area contributed by atoms with Crippen molar-refractivity contribution in [2.24, 2.45) is 0 Å². The predicted molar refractivity (Wildman–Crippen MR) is 130 cm³/mol. The molecule has 1 aliphatic heterocycles. The summed E-state index contributed by atoms with van der Waals surface area (Å²) in [6.45, 7) is 5.27. The lowest BCUT2D eigenvalue weighted by molar-refractivity contribution is 0.0695. The van der Waals surface area contributed by atoms with Crippen LogP contribution in [0.2, 0.25) is 0 Å². The maximum atomic E-state index is 11.7. The van der Waals surface area contributed by atoms with Crippen LogP contribution < -0.4 is 4.74 Å². The molecule has 2 fully saturated rings. The minimum absolute atomic E-state index is 0.137. The van der Waals surface area contributed by atoms with E-state index in [4.69, 9.17) is 19.0 Å². The molecule has 1 aromatic carbocycles. The Bertz CT molecular complexity index is 1410. The van der Waals surface area contributed by atoms with Gasteiger partial charge in [-0.3, -0.25) is 0 Å². The molecule has 1 aliphatic carbocycles. The van der Waals surface area contributed by atoms with Crippen LogP contribution in [0.1, 0.15) is 53.5 Å². The van der Waals surface area contributed by atoms with Crippen molar-refractivity contribution < 1.29 is 23.9 Å². The number of carbonyl (C=O) groups is 1. The largest absolute Gasteiger partial charge is 0.490 e. The highest BCUT2D eigenvalue weighted by Crippen LogP contribution is 2.42. The number of hydrogen-bond acceptors (Lipinski definition) is 6. The van der Waals surface area contributed by atoms with E-state index in [2.05, 4.69) is 22.0 Å². The van der Waals surface area contributed by atoms with Gasteiger partial charge in [-0.05, 0) is 63.8 Å². The van der Waals surface area contributed by atoms with Gasteiger partial charge in [0.05, 0.1) is 17.4 Å². The Balaban J connectivity index is 1.56. The lowest BCUT2D eigenvalue weighted by Crippen LogP contribution is -2.19. The number of carboxylic acid groups (broad SMARTS) is 1. The molecule has 0 spiro atoms. The topological polar surface area (TPSA) is 99.6 Å². The van der Waals surface area contributed by atoms with Crippen LogP contribution in [-0.4, -0.2) is 45.1 Å². The summed E-state index contributed by atoms with van der Waals surface area (Å²) >= 11 is 0. The number of nitrogens with zero attached hydrogens (tertiary/aromatic N) is 3. The summed E-state index contributed by atoms with van der Waals surface area (Å²) in [6, 6.07) is 7.54. The molecule has 0 radical (unpaired) electrons. The number of aryl methyl sites for hydroxylation is 2. The Morgan fingerprint density at radius 2 is 1.91 bits per heavy atom. The standard InChI is InChI=1S/C27H27N3O5/c1-15-25(16(2)35-29-15)18-11-22-23(14-30(26(22)28-13-18)19-7-9-33-10-8-19)21-6-3-17(27(31)32)12-24(21)34-20-4-5-20/h3,6,11-14,19-20H,4-5,7-10H2,1-2H3,(H,31,32). The normalized spacial score (nSPS) is 16.6. The minimum atomic E-state index is -0.968.